The summed E-state index contributed by atoms with van der Waals surface area (Å²) in [7, 11) is -0.664. The van der Waals surface area contributed by atoms with Gasteiger partial charge in [0.25, 0.3) is 5.91 Å². The lowest BCUT2D eigenvalue weighted by molar-refractivity contribution is -0.121. The summed E-state index contributed by atoms with van der Waals surface area (Å²) in [4.78, 5) is 18.3. The smallest absolute Gasteiger partial charge is 0.266 e. The Balaban J connectivity index is 1.79. The number of benzene rings is 2. The number of ether oxygens (including phenoxy) is 2. The van der Waals surface area contributed by atoms with Gasteiger partial charge in [-0.05, 0) is 44.0 Å². The van der Waals surface area contributed by atoms with Crippen LogP contribution < -0.4 is 14.3 Å². The maximum absolute atomic E-state index is 13.3. The molecule has 1 aromatic heterocycles. The lowest BCUT2D eigenvalue weighted by atomic mass is 10.2. The molecule has 2 heterocycles. The second-order valence-corrected chi connectivity index (χ2v) is 10.8. The molecule has 1 unspecified atom stereocenters. The fourth-order valence-corrected chi connectivity index (χ4v) is 6.93. The van der Waals surface area contributed by atoms with E-state index in [0.717, 1.165) is 15.8 Å². The summed E-state index contributed by atoms with van der Waals surface area (Å²) in [6.45, 7) is 6.39. The summed E-state index contributed by atoms with van der Waals surface area (Å²) in [6.07, 6.45) is 2.72. The summed E-state index contributed by atoms with van der Waals surface area (Å²) < 4.78 is 41.5. The maximum Gasteiger partial charge on any atom is 0.266 e. The van der Waals surface area contributed by atoms with Crippen LogP contribution >= 0.6 is 11.3 Å². The number of thiazole rings is 1. The molecule has 0 spiro atoms. The molecule has 8 nitrogen and oxygen atoms in total. The molecule has 0 aliphatic carbocycles. The Kier molecular flexibility index (Phi) is 6.92. The molecular formula is C24H27N3O5S2. The van der Waals surface area contributed by atoms with Gasteiger partial charge < -0.3 is 14.0 Å². The van der Waals surface area contributed by atoms with E-state index in [-0.39, 0.29) is 11.4 Å². The van der Waals surface area contributed by atoms with Crippen molar-refractivity contribution in [1.29, 1.82) is 0 Å². The number of allylic oxidation sites excluding steroid dienone is 1. The van der Waals surface area contributed by atoms with E-state index < -0.39 is 22.0 Å². The number of aryl methyl sites for hydroxylation is 1. The second kappa shape index (κ2) is 9.73. The highest BCUT2D eigenvalue weighted by molar-refractivity contribution is 7.89. The summed E-state index contributed by atoms with van der Waals surface area (Å²) in [5.41, 5.74) is 1.71. The summed E-state index contributed by atoms with van der Waals surface area (Å²) in [5.74, 6) is 0.764. The van der Waals surface area contributed by atoms with Gasteiger partial charge in [0.2, 0.25) is 10.0 Å². The summed E-state index contributed by atoms with van der Waals surface area (Å²) in [5, 5.41) is 0. The van der Waals surface area contributed by atoms with Crippen LogP contribution in [0, 0.1) is 6.92 Å². The molecule has 3 aromatic rings. The van der Waals surface area contributed by atoms with E-state index in [1.54, 1.807) is 56.7 Å². The van der Waals surface area contributed by atoms with Crippen molar-refractivity contribution in [2.75, 3.05) is 20.8 Å². The van der Waals surface area contributed by atoms with Crippen molar-refractivity contribution in [3.63, 3.8) is 0 Å². The van der Waals surface area contributed by atoms with Gasteiger partial charge in [-0.2, -0.15) is 9.30 Å². The van der Waals surface area contributed by atoms with E-state index in [1.165, 1.54) is 15.6 Å². The van der Waals surface area contributed by atoms with Crippen LogP contribution in [-0.2, 0) is 21.4 Å². The molecule has 34 heavy (non-hydrogen) atoms. The van der Waals surface area contributed by atoms with Crippen LogP contribution in [0.3, 0.4) is 0 Å². The fraction of sp³-hybridized carbons (Fsp3) is 0.333. The highest BCUT2D eigenvalue weighted by Gasteiger charge is 2.39. The molecular weight excluding hydrogens is 474 g/mol. The van der Waals surface area contributed by atoms with Crippen molar-refractivity contribution in [3.05, 3.63) is 59.4 Å². The Morgan fingerprint density at radius 1 is 1.18 bits per heavy atom. The molecule has 10 heteroatoms. The molecule has 1 saturated heterocycles. The van der Waals surface area contributed by atoms with Crippen molar-refractivity contribution in [3.8, 4) is 11.5 Å². The normalized spacial score (nSPS) is 17.3. The zero-order valence-corrected chi connectivity index (χ0v) is 21.0. The van der Waals surface area contributed by atoms with Crippen LogP contribution in [-0.4, -0.2) is 50.0 Å². The number of aromatic nitrogens is 1. The van der Waals surface area contributed by atoms with E-state index in [9.17, 15) is 13.2 Å². The molecule has 1 aliphatic heterocycles. The summed E-state index contributed by atoms with van der Waals surface area (Å²) in [6, 6.07) is 9.40. The lowest BCUT2D eigenvalue weighted by Crippen LogP contribution is -2.40. The Labute approximate surface area is 202 Å². The fourth-order valence-electron chi connectivity index (χ4n) is 4.13. The molecule has 2 aromatic carbocycles. The molecule has 1 amide bonds. The number of nitrogens with zero attached hydrogens (tertiary/aromatic N) is 3. The van der Waals surface area contributed by atoms with Gasteiger partial charge in [0.05, 0.1) is 19.1 Å². The van der Waals surface area contributed by atoms with Crippen LogP contribution in [0.2, 0.25) is 0 Å². The maximum atomic E-state index is 13.3. The molecule has 180 valence electrons. The first-order valence-corrected chi connectivity index (χ1v) is 13.1. The SMILES string of the molecule is C=CCn1c(=NC(=O)C2CCCN2S(=O)(=O)c2ccc(C)cc2)sc2c(OC)ccc(OC)c21. The number of sulfonamides is 1. The third kappa shape index (κ3) is 4.28. The summed E-state index contributed by atoms with van der Waals surface area (Å²) >= 11 is 1.29. The highest BCUT2D eigenvalue weighted by atomic mass is 32.2. The average molecular weight is 502 g/mol. The molecule has 0 saturated carbocycles. The van der Waals surface area contributed by atoms with Gasteiger partial charge >= 0.3 is 0 Å². The van der Waals surface area contributed by atoms with Gasteiger partial charge in [0.15, 0.2) is 4.80 Å². The predicted molar refractivity (Wildman–Crippen MR) is 132 cm³/mol. The largest absolute Gasteiger partial charge is 0.495 e. The zero-order chi connectivity index (χ0) is 24.5. The van der Waals surface area contributed by atoms with Gasteiger partial charge in [-0.3, -0.25) is 4.79 Å². The van der Waals surface area contributed by atoms with Crippen LogP contribution in [0.5, 0.6) is 11.5 Å². The van der Waals surface area contributed by atoms with Crippen LogP contribution in [0.25, 0.3) is 10.2 Å². The van der Waals surface area contributed by atoms with Gasteiger partial charge in [-0.25, -0.2) is 8.42 Å². The monoisotopic (exact) mass is 501 g/mol. The third-order valence-electron chi connectivity index (χ3n) is 5.83. The minimum absolute atomic E-state index is 0.177. The quantitative estimate of drug-likeness (QED) is 0.462. The Bertz CT molecular complexity index is 1400. The Morgan fingerprint density at radius 3 is 2.50 bits per heavy atom. The number of carbonyl (C=O) groups is 1. The van der Waals surface area contributed by atoms with Crippen molar-refractivity contribution in [2.45, 2.75) is 37.2 Å². The molecule has 4 rings (SSSR count). The Hall–Kier alpha value is -2.95. The minimum atomic E-state index is -3.82. The van der Waals surface area contributed by atoms with Gasteiger partial charge in [0.1, 0.15) is 27.8 Å². The lowest BCUT2D eigenvalue weighted by Gasteiger charge is -2.21. The molecule has 1 aliphatic rings. The predicted octanol–water partition coefficient (Wildman–Crippen LogP) is 3.50. The van der Waals surface area contributed by atoms with E-state index in [1.807, 2.05) is 11.5 Å². The zero-order valence-electron chi connectivity index (χ0n) is 19.4. The highest BCUT2D eigenvalue weighted by Crippen LogP contribution is 2.35. The molecule has 0 radical (unpaired) electrons. The third-order valence-corrected chi connectivity index (χ3v) is 8.84. The second-order valence-electron chi connectivity index (χ2n) is 7.97. The molecule has 1 atom stereocenters. The van der Waals surface area contributed by atoms with Crippen molar-refractivity contribution < 1.29 is 22.7 Å². The number of amides is 1. The first-order valence-electron chi connectivity index (χ1n) is 10.8. The van der Waals surface area contributed by atoms with Crippen molar-refractivity contribution in [1.82, 2.24) is 8.87 Å². The van der Waals surface area contributed by atoms with E-state index in [2.05, 4.69) is 11.6 Å². The minimum Gasteiger partial charge on any atom is -0.495 e. The standard InChI is InChI=1S/C24H27N3O5S2/c1-5-14-26-21-19(31-3)12-13-20(32-4)22(21)33-24(26)25-23(28)18-7-6-15-27(18)34(29,30)17-10-8-16(2)9-11-17/h5,8-13,18H,1,6-7,14-15H2,2-4H3. The molecule has 0 N–H and O–H groups in total. The van der Waals surface area contributed by atoms with E-state index in [0.29, 0.717) is 35.7 Å². The van der Waals surface area contributed by atoms with E-state index in [4.69, 9.17) is 9.47 Å². The number of carbonyl (C=O) groups excluding carboxylic acids is 1. The number of hydrogen-bond donors (Lipinski definition) is 0. The van der Waals surface area contributed by atoms with Crippen molar-refractivity contribution >= 4 is 37.5 Å². The first-order chi connectivity index (χ1) is 16.3. The van der Waals surface area contributed by atoms with Gasteiger partial charge in [-0.15, -0.1) is 6.58 Å². The van der Waals surface area contributed by atoms with Gasteiger partial charge in [-0.1, -0.05) is 35.1 Å². The molecule has 0 bridgehead atoms. The van der Waals surface area contributed by atoms with E-state index >= 15 is 0 Å². The number of hydrogen-bond acceptors (Lipinski definition) is 6. The number of fused-ring (bicyclic) bond motifs is 1. The molecule has 1 fully saturated rings. The number of methoxy groups -OCH3 is 2. The number of rotatable bonds is 7. The van der Waals surface area contributed by atoms with Crippen molar-refractivity contribution in [2.24, 2.45) is 4.99 Å². The van der Waals surface area contributed by atoms with Crippen LogP contribution in [0.15, 0.2) is 58.9 Å². The van der Waals surface area contributed by atoms with Gasteiger partial charge in [0, 0.05) is 13.1 Å². The Morgan fingerprint density at radius 2 is 1.85 bits per heavy atom. The van der Waals surface area contributed by atoms with Crippen LogP contribution in [0.1, 0.15) is 18.4 Å². The van der Waals surface area contributed by atoms with Crippen LogP contribution in [0.4, 0.5) is 0 Å². The average Bonchev–Trinajstić information content (AvgIpc) is 3.45. The first kappa shape index (κ1) is 24.2. The topological polar surface area (TPSA) is 90.2 Å².